The standard InChI is InChI=1S/C20H28N2O2S/c1-3-18-13-21(15-20-4-2-12-25-20)14-19(22(18)8-1)7-11-24-16-17-5-9-23-10-6-17/h1-4,8,12,17,19H,5-7,9-11,13-16H2/t19-/m1/s1. The molecule has 1 fully saturated rings. The molecule has 0 saturated carbocycles. The summed E-state index contributed by atoms with van der Waals surface area (Å²) in [5.74, 6) is 0.692. The lowest BCUT2D eigenvalue weighted by atomic mass is 10.0. The third kappa shape index (κ3) is 4.53. The van der Waals surface area contributed by atoms with E-state index in [1.54, 1.807) is 0 Å². The van der Waals surface area contributed by atoms with E-state index < -0.39 is 0 Å². The van der Waals surface area contributed by atoms with E-state index in [4.69, 9.17) is 9.47 Å². The predicted molar refractivity (Wildman–Crippen MR) is 101 cm³/mol. The van der Waals surface area contributed by atoms with Crippen molar-refractivity contribution in [3.8, 4) is 0 Å². The van der Waals surface area contributed by atoms with Gasteiger partial charge >= 0.3 is 0 Å². The minimum Gasteiger partial charge on any atom is -0.381 e. The number of nitrogens with zero attached hydrogens (tertiary/aromatic N) is 2. The summed E-state index contributed by atoms with van der Waals surface area (Å²) >= 11 is 1.86. The van der Waals surface area contributed by atoms with Gasteiger partial charge in [0.25, 0.3) is 0 Å². The molecule has 4 rings (SSSR count). The molecule has 4 heterocycles. The maximum atomic E-state index is 6.02. The third-order valence-corrected chi connectivity index (χ3v) is 6.23. The van der Waals surface area contributed by atoms with Gasteiger partial charge in [-0.05, 0) is 48.8 Å². The van der Waals surface area contributed by atoms with Crippen LogP contribution in [0.2, 0.25) is 0 Å². The molecule has 0 N–H and O–H groups in total. The Bertz CT molecular complexity index is 634. The molecule has 25 heavy (non-hydrogen) atoms. The topological polar surface area (TPSA) is 26.6 Å². The lowest BCUT2D eigenvalue weighted by Crippen LogP contribution is -2.36. The quantitative estimate of drug-likeness (QED) is 0.700. The van der Waals surface area contributed by atoms with E-state index in [1.807, 2.05) is 11.3 Å². The Balaban J connectivity index is 1.29. The van der Waals surface area contributed by atoms with Gasteiger partial charge in [0.1, 0.15) is 0 Å². The van der Waals surface area contributed by atoms with Crippen LogP contribution in [0.3, 0.4) is 0 Å². The second-order valence-electron chi connectivity index (χ2n) is 7.23. The smallest absolute Gasteiger partial charge is 0.0495 e. The SMILES string of the molecule is c1csc(CN2Cc3cccn3[C@H](CCOCC3CCOCC3)C2)c1. The molecule has 2 aliphatic rings. The van der Waals surface area contributed by atoms with E-state index in [9.17, 15) is 0 Å². The largest absolute Gasteiger partial charge is 0.381 e. The highest BCUT2D eigenvalue weighted by atomic mass is 32.1. The summed E-state index contributed by atoms with van der Waals surface area (Å²) in [6.07, 6.45) is 5.63. The zero-order chi connectivity index (χ0) is 16.9. The number of hydrogen-bond donors (Lipinski definition) is 0. The summed E-state index contributed by atoms with van der Waals surface area (Å²) in [5, 5.41) is 2.17. The van der Waals surface area contributed by atoms with Gasteiger partial charge in [0.05, 0.1) is 0 Å². The molecule has 1 saturated heterocycles. The lowest BCUT2D eigenvalue weighted by Gasteiger charge is -2.35. The summed E-state index contributed by atoms with van der Waals surface area (Å²) in [4.78, 5) is 4.03. The number of ether oxygens (including phenoxy) is 2. The molecular formula is C20H28N2O2S. The van der Waals surface area contributed by atoms with Gasteiger partial charge in [-0.15, -0.1) is 11.3 Å². The molecule has 2 aliphatic heterocycles. The van der Waals surface area contributed by atoms with Crippen molar-refractivity contribution in [1.29, 1.82) is 0 Å². The fourth-order valence-corrected chi connectivity index (χ4v) is 4.70. The van der Waals surface area contributed by atoms with Crippen molar-refractivity contribution in [2.24, 2.45) is 5.92 Å². The van der Waals surface area contributed by atoms with Crippen LogP contribution in [0.25, 0.3) is 0 Å². The average molecular weight is 361 g/mol. The number of aromatic nitrogens is 1. The third-order valence-electron chi connectivity index (χ3n) is 5.36. The highest BCUT2D eigenvalue weighted by molar-refractivity contribution is 7.09. The predicted octanol–water partition coefficient (Wildman–Crippen LogP) is 3.94. The highest BCUT2D eigenvalue weighted by Gasteiger charge is 2.24. The van der Waals surface area contributed by atoms with Crippen molar-refractivity contribution in [1.82, 2.24) is 9.47 Å². The average Bonchev–Trinajstić information content (AvgIpc) is 3.31. The molecule has 0 radical (unpaired) electrons. The van der Waals surface area contributed by atoms with Crippen molar-refractivity contribution in [2.75, 3.05) is 33.0 Å². The van der Waals surface area contributed by atoms with E-state index in [2.05, 4.69) is 45.3 Å². The van der Waals surface area contributed by atoms with Gasteiger partial charge < -0.3 is 14.0 Å². The summed E-state index contributed by atoms with van der Waals surface area (Å²) in [6.45, 7) is 6.77. The van der Waals surface area contributed by atoms with Crippen molar-refractivity contribution >= 4 is 11.3 Å². The molecular weight excluding hydrogens is 332 g/mol. The molecule has 4 nitrogen and oxygen atoms in total. The second-order valence-corrected chi connectivity index (χ2v) is 8.26. The molecule has 0 aliphatic carbocycles. The Hall–Kier alpha value is -1.14. The van der Waals surface area contributed by atoms with Gasteiger partial charge in [-0.2, -0.15) is 0 Å². The Morgan fingerprint density at radius 1 is 1.20 bits per heavy atom. The maximum Gasteiger partial charge on any atom is 0.0495 e. The number of hydrogen-bond acceptors (Lipinski definition) is 4. The highest BCUT2D eigenvalue weighted by Crippen LogP contribution is 2.26. The number of fused-ring (bicyclic) bond motifs is 1. The Morgan fingerprint density at radius 3 is 2.96 bits per heavy atom. The minimum absolute atomic E-state index is 0.522. The molecule has 1 atom stereocenters. The van der Waals surface area contributed by atoms with E-state index in [0.29, 0.717) is 12.0 Å². The summed E-state index contributed by atoms with van der Waals surface area (Å²) in [7, 11) is 0. The van der Waals surface area contributed by atoms with Crippen molar-refractivity contribution < 1.29 is 9.47 Å². The first-order valence-corrected chi connectivity index (χ1v) is 10.3. The number of thiophene rings is 1. The molecule has 5 heteroatoms. The van der Waals surface area contributed by atoms with Crippen LogP contribution >= 0.6 is 11.3 Å². The Kier molecular flexibility index (Phi) is 5.87. The van der Waals surface area contributed by atoms with Crippen molar-refractivity contribution in [3.63, 3.8) is 0 Å². The fourth-order valence-electron chi connectivity index (χ4n) is 3.96. The van der Waals surface area contributed by atoms with E-state index in [1.165, 1.54) is 10.6 Å². The molecule has 136 valence electrons. The van der Waals surface area contributed by atoms with Gasteiger partial charge in [-0.25, -0.2) is 0 Å². The Morgan fingerprint density at radius 2 is 2.12 bits per heavy atom. The van der Waals surface area contributed by atoms with Crippen LogP contribution in [0.1, 0.15) is 35.9 Å². The van der Waals surface area contributed by atoms with Crippen molar-refractivity contribution in [2.45, 2.75) is 38.4 Å². The normalized spacial score (nSPS) is 22.2. The van der Waals surface area contributed by atoms with E-state index in [0.717, 1.165) is 65.3 Å². The van der Waals surface area contributed by atoms with Crippen LogP contribution in [0.5, 0.6) is 0 Å². The molecule has 0 amide bonds. The van der Waals surface area contributed by atoms with Gasteiger partial charge in [-0.1, -0.05) is 6.07 Å². The monoisotopic (exact) mass is 360 g/mol. The molecule has 0 aromatic carbocycles. The van der Waals surface area contributed by atoms with Gasteiger partial charge in [0.15, 0.2) is 0 Å². The van der Waals surface area contributed by atoms with Gasteiger partial charge in [0.2, 0.25) is 0 Å². The first-order chi connectivity index (χ1) is 12.4. The van der Waals surface area contributed by atoms with Crippen LogP contribution in [-0.2, 0) is 22.6 Å². The summed E-state index contributed by atoms with van der Waals surface area (Å²) in [6, 6.07) is 9.35. The van der Waals surface area contributed by atoms with E-state index in [-0.39, 0.29) is 0 Å². The van der Waals surface area contributed by atoms with E-state index >= 15 is 0 Å². The molecule has 0 bridgehead atoms. The number of rotatable bonds is 7. The van der Waals surface area contributed by atoms with Crippen LogP contribution in [-0.4, -0.2) is 42.4 Å². The first-order valence-electron chi connectivity index (χ1n) is 9.44. The molecule has 2 aromatic rings. The molecule has 2 aromatic heterocycles. The second kappa shape index (κ2) is 8.49. The van der Waals surface area contributed by atoms with Crippen LogP contribution in [0.4, 0.5) is 0 Å². The van der Waals surface area contributed by atoms with Crippen molar-refractivity contribution in [3.05, 3.63) is 46.4 Å². The molecule has 0 unspecified atom stereocenters. The first kappa shape index (κ1) is 17.3. The van der Waals surface area contributed by atoms with Crippen LogP contribution < -0.4 is 0 Å². The lowest BCUT2D eigenvalue weighted by molar-refractivity contribution is 0.0160. The van der Waals surface area contributed by atoms with Gasteiger partial charge in [-0.3, -0.25) is 4.90 Å². The molecule has 0 spiro atoms. The van der Waals surface area contributed by atoms with Gasteiger partial charge in [0, 0.05) is 68.9 Å². The minimum atomic E-state index is 0.522. The zero-order valence-electron chi connectivity index (χ0n) is 14.8. The zero-order valence-corrected chi connectivity index (χ0v) is 15.6. The fraction of sp³-hybridized carbons (Fsp3) is 0.600. The van der Waals surface area contributed by atoms with Crippen LogP contribution in [0.15, 0.2) is 35.8 Å². The summed E-state index contributed by atoms with van der Waals surface area (Å²) in [5.41, 5.74) is 1.43. The maximum absolute atomic E-state index is 6.02. The summed E-state index contributed by atoms with van der Waals surface area (Å²) < 4.78 is 13.9. The van der Waals surface area contributed by atoms with Crippen LogP contribution in [0, 0.1) is 5.92 Å². The Labute approximate surface area is 154 Å².